The third kappa shape index (κ3) is 4.18. The van der Waals surface area contributed by atoms with Crippen molar-refractivity contribution in [3.8, 4) is 11.3 Å². The molecule has 3 heterocycles. The van der Waals surface area contributed by atoms with Crippen molar-refractivity contribution in [3.63, 3.8) is 0 Å². The lowest BCUT2D eigenvalue weighted by Gasteiger charge is -2.35. The Morgan fingerprint density at radius 1 is 1.07 bits per heavy atom. The summed E-state index contributed by atoms with van der Waals surface area (Å²) in [5.74, 6) is 0.518. The summed E-state index contributed by atoms with van der Waals surface area (Å²) in [5.41, 5.74) is 2.59. The second kappa shape index (κ2) is 8.45. The maximum atomic E-state index is 13.6. The van der Waals surface area contributed by atoms with E-state index in [0.29, 0.717) is 12.2 Å². The number of rotatable bonds is 6. The van der Waals surface area contributed by atoms with Crippen molar-refractivity contribution in [1.82, 2.24) is 24.6 Å². The molecule has 28 heavy (non-hydrogen) atoms. The average molecular weight is 382 g/mol. The molecule has 0 atom stereocenters. The Morgan fingerprint density at radius 2 is 1.89 bits per heavy atom. The second-order valence-electron chi connectivity index (χ2n) is 6.84. The van der Waals surface area contributed by atoms with Gasteiger partial charge in [0.2, 0.25) is 0 Å². The standard InChI is InChI=1S/C20H23FN6O/c21-18-3-1-2-17(12-18)19-20(23-5-4-22-19)26-8-6-25(7-9-26)14-16-13-24-27(15-16)10-11-28/h1-5,12-13,15,28H,6-11,14H2. The molecule has 1 saturated heterocycles. The summed E-state index contributed by atoms with van der Waals surface area (Å²) >= 11 is 0. The van der Waals surface area contributed by atoms with Crippen molar-refractivity contribution < 1.29 is 9.50 Å². The van der Waals surface area contributed by atoms with Crippen molar-refractivity contribution in [2.75, 3.05) is 37.7 Å². The van der Waals surface area contributed by atoms with Crippen LogP contribution in [0.2, 0.25) is 0 Å². The van der Waals surface area contributed by atoms with Crippen molar-refractivity contribution in [2.45, 2.75) is 13.1 Å². The van der Waals surface area contributed by atoms with Gasteiger partial charge >= 0.3 is 0 Å². The molecule has 146 valence electrons. The molecule has 0 radical (unpaired) electrons. The second-order valence-corrected chi connectivity index (χ2v) is 6.84. The van der Waals surface area contributed by atoms with Gasteiger partial charge < -0.3 is 10.0 Å². The highest BCUT2D eigenvalue weighted by molar-refractivity contribution is 5.72. The molecular weight excluding hydrogens is 359 g/mol. The van der Waals surface area contributed by atoms with Gasteiger partial charge in [0.15, 0.2) is 5.82 Å². The van der Waals surface area contributed by atoms with E-state index in [9.17, 15) is 4.39 Å². The summed E-state index contributed by atoms with van der Waals surface area (Å²) in [6.45, 7) is 4.87. The molecule has 1 fully saturated rings. The van der Waals surface area contributed by atoms with Gasteiger partial charge in [0.25, 0.3) is 0 Å². The van der Waals surface area contributed by atoms with Crippen LogP contribution in [-0.4, -0.2) is 62.5 Å². The first kappa shape index (κ1) is 18.5. The van der Waals surface area contributed by atoms with Crippen LogP contribution in [-0.2, 0) is 13.1 Å². The molecule has 0 aliphatic carbocycles. The molecule has 0 saturated carbocycles. The van der Waals surface area contributed by atoms with E-state index in [4.69, 9.17) is 5.11 Å². The fourth-order valence-electron chi connectivity index (χ4n) is 3.49. The quantitative estimate of drug-likeness (QED) is 0.701. The van der Waals surface area contributed by atoms with Crippen LogP contribution in [0.5, 0.6) is 0 Å². The van der Waals surface area contributed by atoms with E-state index in [-0.39, 0.29) is 12.4 Å². The first-order valence-electron chi connectivity index (χ1n) is 9.39. The molecule has 1 aliphatic rings. The fraction of sp³-hybridized carbons (Fsp3) is 0.350. The number of anilines is 1. The Bertz CT molecular complexity index is 922. The highest BCUT2D eigenvalue weighted by Crippen LogP contribution is 2.27. The van der Waals surface area contributed by atoms with E-state index in [2.05, 4.69) is 24.9 Å². The highest BCUT2D eigenvalue weighted by atomic mass is 19.1. The molecule has 0 bridgehead atoms. The normalized spacial score (nSPS) is 15.1. The smallest absolute Gasteiger partial charge is 0.155 e. The average Bonchev–Trinajstić information content (AvgIpc) is 3.16. The van der Waals surface area contributed by atoms with Crippen LogP contribution in [0, 0.1) is 5.82 Å². The zero-order valence-corrected chi connectivity index (χ0v) is 15.6. The lowest BCUT2D eigenvalue weighted by atomic mass is 10.1. The maximum Gasteiger partial charge on any atom is 0.155 e. The molecule has 3 aromatic rings. The van der Waals surface area contributed by atoms with Crippen molar-refractivity contribution in [1.29, 1.82) is 0 Å². The zero-order valence-electron chi connectivity index (χ0n) is 15.6. The van der Waals surface area contributed by atoms with Gasteiger partial charge in [-0.05, 0) is 12.1 Å². The van der Waals surface area contributed by atoms with Gasteiger partial charge in [-0.15, -0.1) is 0 Å². The molecule has 0 amide bonds. The summed E-state index contributed by atoms with van der Waals surface area (Å²) in [7, 11) is 0. The minimum atomic E-state index is -0.277. The number of aromatic nitrogens is 4. The minimum absolute atomic E-state index is 0.0888. The molecular formula is C20H23FN6O. The van der Waals surface area contributed by atoms with Gasteiger partial charge in [0.05, 0.1) is 19.3 Å². The molecule has 7 nitrogen and oxygen atoms in total. The molecule has 4 rings (SSSR count). The summed E-state index contributed by atoms with van der Waals surface area (Å²) in [5, 5.41) is 13.3. The monoisotopic (exact) mass is 382 g/mol. The van der Waals surface area contributed by atoms with Crippen LogP contribution in [0.1, 0.15) is 5.56 Å². The van der Waals surface area contributed by atoms with Crippen LogP contribution in [0.3, 0.4) is 0 Å². The molecule has 0 unspecified atom stereocenters. The van der Waals surface area contributed by atoms with Gasteiger partial charge in [-0.25, -0.2) is 9.37 Å². The summed E-state index contributed by atoms with van der Waals surface area (Å²) < 4.78 is 15.4. The largest absolute Gasteiger partial charge is 0.394 e. The Kier molecular flexibility index (Phi) is 5.59. The summed E-state index contributed by atoms with van der Waals surface area (Å²) in [6, 6.07) is 6.48. The van der Waals surface area contributed by atoms with Crippen LogP contribution < -0.4 is 4.90 Å². The van der Waals surface area contributed by atoms with E-state index < -0.39 is 0 Å². The Labute approximate surface area is 163 Å². The molecule has 8 heteroatoms. The van der Waals surface area contributed by atoms with E-state index in [0.717, 1.165) is 49.7 Å². The number of benzene rings is 1. The molecule has 0 spiro atoms. The van der Waals surface area contributed by atoms with E-state index in [1.165, 1.54) is 12.1 Å². The van der Waals surface area contributed by atoms with Crippen LogP contribution in [0.15, 0.2) is 49.1 Å². The lowest BCUT2D eigenvalue weighted by Crippen LogP contribution is -2.46. The van der Waals surface area contributed by atoms with Gasteiger partial charge in [-0.2, -0.15) is 5.10 Å². The predicted molar refractivity (Wildman–Crippen MR) is 104 cm³/mol. The third-order valence-corrected chi connectivity index (χ3v) is 4.87. The number of halogens is 1. The molecule has 1 N–H and O–H groups in total. The SMILES string of the molecule is OCCn1cc(CN2CCN(c3nccnc3-c3cccc(F)c3)CC2)cn1. The van der Waals surface area contributed by atoms with Gasteiger partial charge in [0, 0.05) is 62.4 Å². The number of aliphatic hydroxyl groups excluding tert-OH is 1. The number of nitrogens with zero attached hydrogens (tertiary/aromatic N) is 6. The first-order chi connectivity index (χ1) is 13.7. The highest BCUT2D eigenvalue weighted by Gasteiger charge is 2.22. The predicted octanol–water partition coefficient (Wildman–Crippen LogP) is 1.79. The first-order valence-corrected chi connectivity index (χ1v) is 9.39. The zero-order chi connectivity index (χ0) is 19.3. The molecule has 1 aliphatic heterocycles. The Hall–Kier alpha value is -2.84. The molecule has 1 aromatic carbocycles. The van der Waals surface area contributed by atoms with E-state index in [1.54, 1.807) is 23.1 Å². The maximum absolute atomic E-state index is 13.6. The van der Waals surface area contributed by atoms with Crippen molar-refractivity contribution in [3.05, 3.63) is 60.4 Å². The number of hydrogen-bond donors (Lipinski definition) is 1. The van der Waals surface area contributed by atoms with Crippen LogP contribution in [0.25, 0.3) is 11.3 Å². The summed E-state index contributed by atoms with van der Waals surface area (Å²) in [4.78, 5) is 13.6. The van der Waals surface area contributed by atoms with Crippen molar-refractivity contribution in [2.24, 2.45) is 0 Å². The number of piperazine rings is 1. The Balaban J connectivity index is 1.43. The van der Waals surface area contributed by atoms with Gasteiger partial charge in [-0.3, -0.25) is 14.6 Å². The Morgan fingerprint density at radius 3 is 2.68 bits per heavy atom. The van der Waals surface area contributed by atoms with Crippen LogP contribution in [0.4, 0.5) is 10.2 Å². The van der Waals surface area contributed by atoms with Gasteiger partial charge in [0.1, 0.15) is 11.5 Å². The third-order valence-electron chi connectivity index (χ3n) is 4.87. The topological polar surface area (TPSA) is 70.3 Å². The van der Waals surface area contributed by atoms with E-state index >= 15 is 0 Å². The van der Waals surface area contributed by atoms with Gasteiger partial charge in [-0.1, -0.05) is 12.1 Å². The molecule has 2 aromatic heterocycles. The number of aliphatic hydroxyl groups is 1. The fourth-order valence-corrected chi connectivity index (χ4v) is 3.49. The van der Waals surface area contributed by atoms with Crippen molar-refractivity contribution >= 4 is 5.82 Å². The summed E-state index contributed by atoms with van der Waals surface area (Å²) in [6.07, 6.45) is 7.16. The lowest BCUT2D eigenvalue weighted by molar-refractivity contribution is 0.249. The minimum Gasteiger partial charge on any atom is -0.394 e. The van der Waals surface area contributed by atoms with Crippen LogP contribution >= 0.6 is 0 Å². The number of hydrogen-bond acceptors (Lipinski definition) is 6. The van der Waals surface area contributed by atoms with E-state index in [1.807, 2.05) is 18.5 Å².